The Labute approximate surface area is 259 Å². The Morgan fingerprint density at radius 3 is 2.11 bits per heavy atom. The first kappa shape index (κ1) is 32.3. The zero-order valence-corrected chi connectivity index (χ0v) is 25.4. The summed E-state index contributed by atoms with van der Waals surface area (Å²) in [7, 11) is 1.39. The predicted molar refractivity (Wildman–Crippen MR) is 172 cm³/mol. The molecule has 0 radical (unpaired) electrons. The van der Waals surface area contributed by atoms with Crippen LogP contribution in [0.1, 0.15) is 56.1 Å². The number of aromatic nitrogens is 1. The van der Waals surface area contributed by atoms with Crippen molar-refractivity contribution in [2.24, 2.45) is 0 Å². The van der Waals surface area contributed by atoms with Crippen molar-refractivity contribution in [2.75, 3.05) is 20.3 Å². The van der Waals surface area contributed by atoms with Gasteiger partial charge in [0.2, 0.25) is 5.88 Å². The Hall–Kier alpha value is -4.65. The monoisotopic (exact) mass is 595 g/mol. The first-order chi connectivity index (χ1) is 21.5. The highest BCUT2D eigenvalue weighted by Crippen LogP contribution is 2.29. The standard InChI is InChI=1S/C37H41NO6/c1-42-37(41)23-22-32-29(19-12-20-34(32)43-25-13-21-36(39)40)16-6-2-3-11-24-44-35-27-31(28-14-7-4-8-15-28)26-33(38-35)30-17-9-5-10-18-30/h4-5,7-10,12,14-15,17-20,26-27H,2-3,6,11,13,16,21-25H2,1H3,(H,39,40). The molecule has 4 rings (SSSR count). The average molecular weight is 596 g/mol. The average Bonchev–Trinajstić information content (AvgIpc) is 3.06. The zero-order chi connectivity index (χ0) is 31.0. The summed E-state index contributed by atoms with van der Waals surface area (Å²) in [5, 5.41) is 8.90. The minimum atomic E-state index is -0.840. The van der Waals surface area contributed by atoms with Gasteiger partial charge >= 0.3 is 11.9 Å². The number of esters is 1. The van der Waals surface area contributed by atoms with E-state index >= 15 is 0 Å². The van der Waals surface area contributed by atoms with E-state index in [2.05, 4.69) is 36.4 Å². The van der Waals surface area contributed by atoms with E-state index in [1.807, 2.05) is 54.6 Å². The van der Waals surface area contributed by atoms with Crippen molar-refractivity contribution in [2.45, 2.75) is 57.8 Å². The van der Waals surface area contributed by atoms with Gasteiger partial charge in [0.25, 0.3) is 0 Å². The van der Waals surface area contributed by atoms with E-state index in [0.717, 1.165) is 65.6 Å². The van der Waals surface area contributed by atoms with Crippen molar-refractivity contribution < 1.29 is 28.9 Å². The Morgan fingerprint density at radius 2 is 1.39 bits per heavy atom. The maximum Gasteiger partial charge on any atom is 0.305 e. The van der Waals surface area contributed by atoms with Crippen molar-refractivity contribution >= 4 is 11.9 Å². The van der Waals surface area contributed by atoms with Crippen LogP contribution in [0.15, 0.2) is 91.0 Å². The van der Waals surface area contributed by atoms with Crippen molar-refractivity contribution in [1.29, 1.82) is 0 Å². The highest BCUT2D eigenvalue weighted by Gasteiger charge is 2.13. The molecule has 0 saturated carbocycles. The summed E-state index contributed by atoms with van der Waals surface area (Å²) in [6.45, 7) is 0.903. The molecule has 0 unspecified atom stereocenters. The fourth-order valence-corrected chi connectivity index (χ4v) is 5.08. The number of hydrogen-bond acceptors (Lipinski definition) is 6. The molecule has 0 fully saturated rings. The predicted octanol–water partition coefficient (Wildman–Crippen LogP) is 7.95. The molecule has 230 valence electrons. The van der Waals surface area contributed by atoms with Gasteiger partial charge in [0.15, 0.2) is 0 Å². The first-order valence-corrected chi connectivity index (χ1v) is 15.3. The summed E-state index contributed by atoms with van der Waals surface area (Å²) in [5.41, 5.74) is 6.28. The van der Waals surface area contributed by atoms with Crippen molar-refractivity contribution in [3.63, 3.8) is 0 Å². The normalized spacial score (nSPS) is 10.8. The molecule has 1 N–H and O–H groups in total. The molecule has 7 heteroatoms. The van der Waals surface area contributed by atoms with E-state index in [1.54, 1.807) is 0 Å². The zero-order valence-electron chi connectivity index (χ0n) is 25.4. The van der Waals surface area contributed by atoms with Gasteiger partial charge in [-0.3, -0.25) is 9.59 Å². The number of methoxy groups -OCH3 is 1. The first-order valence-electron chi connectivity index (χ1n) is 15.3. The number of benzene rings is 3. The van der Waals surface area contributed by atoms with Crippen LogP contribution in [-0.2, 0) is 27.2 Å². The van der Waals surface area contributed by atoms with Crippen molar-refractivity contribution in [1.82, 2.24) is 4.98 Å². The van der Waals surface area contributed by atoms with Crippen molar-refractivity contribution in [3.8, 4) is 34.0 Å². The van der Waals surface area contributed by atoms with E-state index in [0.29, 0.717) is 37.7 Å². The van der Waals surface area contributed by atoms with Crippen LogP contribution >= 0.6 is 0 Å². The Bertz CT molecular complexity index is 1410. The number of hydrogen-bond donors (Lipinski definition) is 1. The lowest BCUT2D eigenvalue weighted by molar-refractivity contribution is -0.140. The SMILES string of the molecule is COC(=O)CCc1c(CCCCCCOc2cc(-c3ccccc3)cc(-c3ccccc3)n2)cccc1OCCCC(=O)O. The highest BCUT2D eigenvalue weighted by atomic mass is 16.5. The van der Waals surface area contributed by atoms with E-state index < -0.39 is 5.97 Å². The summed E-state index contributed by atoms with van der Waals surface area (Å²) < 4.78 is 16.9. The molecular formula is C37H41NO6. The second kappa shape index (κ2) is 17.5. The molecule has 1 aromatic heterocycles. The van der Waals surface area contributed by atoms with E-state index in [-0.39, 0.29) is 18.8 Å². The summed E-state index contributed by atoms with van der Waals surface area (Å²) >= 11 is 0. The number of carboxylic acid groups (broad SMARTS) is 1. The molecule has 0 saturated heterocycles. The number of ether oxygens (including phenoxy) is 3. The number of aryl methyl sites for hydroxylation is 1. The summed E-state index contributed by atoms with van der Waals surface area (Å²) in [6.07, 6.45) is 6.11. The Kier molecular flexibility index (Phi) is 12.8. The largest absolute Gasteiger partial charge is 0.493 e. The third-order valence-electron chi connectivity index (χ3n) is 7.40. The lowest BCUT2D eigenvalue weighted by atomic mass is 9.97. The Morgan fingerprint density at radius 1 is 0.682 bits per heavy atom. The summed E-state index contributed by atoms with van der Waals surface area (Å²) in [6, 6.07) is 30.4. The smallest absolute Gasteiger partial charge is 0.305 e. The number of carboxylic acids is 1. The second-order valence-corrected chi connectivity index (χ2v) is 10.6. The van der Waals surface area contributed by atoms with Gasteiger partial charge in [0, 0.05) is 24.5 Å². The molecule has 0 aliphatic carbocycles. The lowest BCUT2D eigenvalue weighted by Gasteiger charge is -2.16. The maximum atomic E-state index is 11.8. The molecule has 3 aromatic carbocycles. The Balaban J connectivity index is 1.30. The minimum absolute atomic E-state index is 0.0591. The number of nitrogens with zero attached hydrogens (tertiary/aromatic N) is 1. The van der Waals surface area contributed by atoms with Crippen LogP contribution in [0.3, 0.4) is 0 Å². The van der Waals surface area contributed by atoms with Crippen LogP contribution in [-0.4, -0.2) is 42.4 Å². The minimum Gasteiger partial charge on any atom is -0.493 e. The van der Waals surface area contributed by atoms with Gasteiger partial charge in [-0.1, -0.05) is 85.6 Å². The molecule has 0 aliphatic rings. The number of carbonyl (C=O) groups excluding carboxylic acids is 1. The fraction of sp³-hybridized carbons (Fsp3) is 0.324. The number of aliphatic carboxylic acids is 1. The molecule has 4 aromatic rings. The van der Waals surface area contributed by atoms with Gasteiger partial charge in [-0.2, -0.15) is 0 Å². The number of carbonyl (C=O) groups is 2. The molecule has 1 heterocycles. The van der Waals surface area contributed by atoms with Crippen LogP contribution < -0.4 is 9.47 Å². The van der Waals surface area contributed by atoms with Crippen LogP contribution in [0, 0.1) is 0 Å². The van der Waals surface area contributed by atoms with E-state index in [1.165, 1.54) is 7.11 Å². The van der Waals surface area contributed by atoms with Crippen molar-refractivity contribution in [3.05, 3.63) is 102 Å². The van der Waals surface area contributed by atoms with E-state index in [9.17, 15) is 9.59 Å². The number of unbranched alkanes of at least 4 members (excludes halogenated alkanes) is 3. The molecule has 44 heavy (non-hydrogen) atoms. The third kappa shape index (κ3) is 10.3. The molecule has 0 spiro atoms. The van der Waals surface area contributed by atoms with E-state index in [4.69, 9.17) is 24.3 Å². The molecule has 7 nitrogen and oxygen atoms in total. The molecule has 0 bridgehead atoms. The van der Waals surface area contributed by atoms with Crippen LogP contribution in [0.5, 0.6) is 11.6 Å². The second-order valence-electron chi connectivity index (χ2n) is 10.6. The van der Waals surface area contributed by atoms with Crippen LogP contribution in [0.4, 0.5) is 0 Å². The topological polar surface area (TPSA) is 95.0 Å². The number of rotatable bonds is 18. The lowest BCUT2D eigenvalue weighted by Crippen LogP contribution is -2.08. The van der Waals surface area contributed by atoms with Gasteiger partial charge < -0.3 is 19.3 Å². The van der Waals surface area contributed by atoms with Gasteiger partial charge in [-0.25, -0.2) is 4.98 Å². The quantitative estimate of drug-likeness (QED) is 0.0921. The van der Waals surface area contributed by atoms with Gasteiger partial charge in [0.05, 0.1) is 26.0 Å². The molecule has 0 aliphatic heterocycles. The summed E-state index contributed by atoms with van der Waals surface area (Å²) in [4.78, 5) is 27.5. The van der Waals surface area contributed by atoms with Crippen LogP contribution in [0.25, 0.3) is 22.4 Å². The van der Waals surface area contributed by atoms with Gasteiger partial charge in [-0.15, -0.1) is 0 Å². The molecular weight excluding hydrogens is 554 g/mol. The molecule has 0 amide bonds. The maximum absolute atomic E-state index is 11.8. The number of pyridine rings is 1. The third-order valence-corrected chi connectivity index (χ3v) is 7.40. The van der Waals surface area contributed by atoms with Crippen LogP contribution in [0.2, 0.25) is 0 Å². The summed E-state index contributed by atoms with van der Waals surface area (Å²) in [5.74, 6) is 0.231. The molecule has 0 atom stereocenters. The van der Waals surface area contributed by atoms with Gasteiger partial charge in [-0.05, 0) is 66.5 Å². The van der Waals surface area contributed by atoms with Gasteiger partial charge in [0.1, 0.15) is 5.75 Å². The fourth-order valence-electron chi connectivity index (χ4n) is 5.08. The highest BCUT2D eigenvalue weighted by molar-refractivity contribution is 5.72.